The molecule has 7 heteroatoms. The van der Waals surface area contributed by atoms with Gasteiger partial charge < -0.3 is 23.9 Å². The van der Waals surface area contributed by atoms with Crippen molar-refractivity contribution in [1.29, 1.82) is 0 Å². The van der Waals surface area contributed by atoms with E-state index in [1.807, 2.05) is 19.1 Å². The zero-order valence-corrected chi connectivity index (χ0v) is 17.6. The Labute approximate surface area is 184 Å². The molecule has 0 radical (unpaired) electrons. The van der Waals surface area contributed by atoms with Crippen LogP contribution >= 0.6 is 0 Å². The van der Waals surface area contributed by atoms with Crippen LogP contribution in [0.25, 0.3) is 11.0 Å². The minimum absolute atomic E-state index is 0.0916. The highest BCUT2D eigenvalue weighted by molar-refractivity contribution is 5.92. The Balaban J connectivity index is 1.42. The van der Waals surface area contributed by atoms with Crippen molar-refractivity contribution in [3.63, 3.8) is 0 Å². The Kier molecular flexibility index (Phi) is 6.07. The first-order chi connectivity index (χ1) is 15.5. The van der Waals surface area contributed by atoms with Gasteiger partial charge in [-0.15, -0.1) is 0 Å². The number of amides is 1. The number of nitrogens with one attached hydrogen (secondary N) is 1. The molecule has 0 fully saturated rings. The topological polar surface area (TPSA) is 87.0 Å². The van der Waals surface area contributed by atoms with Crippen LogP contribution in [0, 0.1) is 6.92 Å². The van der Waals surface area contributed by atoms with E-state index in [0.29, 0.717) is 33.9 Å². The molecule has 0 bridgehead atoms. The zero-order chi connectivity index (χ0) is 22.5. The van der Waals surface area contributed by atoms with E-state index in [4.69, 9.17) is 18.6 Å². The van der Waals surface area contributed by atoms with Crippen molar-refractivity contribution < 1.29 is 23.4 Å². The summed E-state index contributed by atoms with van der Waals surface area (Å²) in [6.07, 6.45) is 1.27. The van der Waals surface area contributed by atoms with Gasteiger partial charge in [0.1, 0.15) is 29.1 Å². The number of benzene rings is 3. The van der Waals surface area contributed by atoms with Crippen LogP contribution in [-0.4, -0.2) is 19.6 Å². The summed E-state index contributed by atoms with van der Waals surface area (Å²) in [5, 5.41) is 3.09. The molecule has 4 aromatic rings. The van der Waals surface area contributed by atoms with E-state index in [1.165, 1.54) is 6.26 Å². The largest absolute Gasteiger partial charge is 0.497 e. The summed E-state index contributed by atoms with van der Waals surface area (Å²) < 4.78 is 21.8. The molecule has 4 rings (SSSR count). The number of rotatable bonds is 7. The van der Waals surface area contributed by atoms with Gasteiger partial charge in [-0.3, -0.25) is 9.59 Å². The first kappa shape index (κ1) is 21.0. The smallest absolute Gasteiger partial charge is 0.262 e. The molecule has 0 atom stereocenters. The second kappa shape index (κ2) is 9.26. The van der Waals surface area contributed by atoms with E-state index in [9.17, 15) is 9.59 Å². The van der Waals surface area contributed by atoms with Gasteiger partial charge in [-0.05, 0) is 55.5 Å². The maximum absolute atomic E-state index is 12.7. The first-order valence-corrected chi connectivity index (χ1v) is 9.88. The van der Waals surface area contributed by atoms with E-state index in [2.05, 4.69) is 5.32 Å². The van der Waals surface area contributed by atoms with E-state index in [0.717, 1.165) is 5.56 Å². The molecule has 162 valence electrons. The predicted molar refractivity (Wildman–Crippen MR) is 121 cm³/mol. The Morgan fingerprint density at radius 2 is 1.62 bits per heavy atom. The van der Waals surface area contributed by atoms with Crippen LogP contribution in [0.15, 0.2) is 82.2 Å². The quantitative estimate of drug-likeness (QED) is 0.447. The molecule has 0 aliphatic heterocycles. The van der Waals surface area contributed by atoms with Crippen LogP contribution in [0.4, 0.5) is 5.69 Å². The second-order valence-electron chi connectivity index (χ2n) is 7.07. The number of ether oxygens (including phenoxy) is 3. The van der Waals surface area contributed by atoms with Gasteiger partial charge in [0.15, 0.2) is 6.61 Å². The summed E-state index contributed by atoms with van der Waals surface area (Å²) in [4.78, 5) is 24.9. The maximum Gasteiger partial charge on any atom is 0.262 e. The molecule has 0 unspecified atom stereocenters. The lowest BCUT2D eigenvalue weighted by atomic mass is 10.2. The molecular weight excluding hydrogens is 410 g/mol. The SMILES string of the molecule is COc1ccc(NC(=O)COc2ccc3c(=O)c(Oc4ccc(C)cc4)coc3c2)cc1. The van der Waals surface area contributed by atoms with Crippen LogP contribution in [0.2, 0.25) is 0 Å². The third kappa shape index (κ3) is 4.89. The van der Waals surface area contributed by atoms with Gasteiger partial charge in [0.25, 0.3) is 5.91 Å². The Morgan fingerprint density at radius 3 is 2.34 bits per heavy atom. The van der Waals surface area contributed by atoms with Crippen LogP contribution in [-0.2, 0) is 4.79 Å². The third-order valence-electron chi connectivity index (χ3n) is 4.71. The number of hydrogen-bond donors (Lipinski definition) is 1. The maximum atomic E-state index is 12.7. The van der Waals surface area contributed by atoms with E-state index in [-0.39, 0.29) is 23.7 Å². The number of methoxy groups -OCH3 is 1. The van der Waals surface area contributed by atoms with Gasteiger partial charge in [-0.2, -0.15) is 0 Å². The van der Waals surface area contributed by atoms with Gasteiger partial charge in [-0.1, -0.05) is 17.7 Å². The van der Waals surface area contributed by atoms with Gasteiger partial charge in [0, 0.05) is 11.8 Å². The summed E-state index contributed by atoms with van der Waals surface area (Å²) in [5.41, 5.74) is 1.76. The lowest BCUT2D eigenvalue weighted by Crippen LogP contribution is -2.20. The fourth-order valence-electron chi connectivity index (χ4n) is 3.00. The molecule has 1 N–H and O–H groups in total. The van der Waals surface area contributed by atoms with E-state index < -0.39 is 0 Å². The Morgan fingerprint density at radius 1 is 0.938 bits per heavy atom. The minimum atomic E-state index is -0.321. The van der Waals surface area contributed by atoms with E-state index >= 15 is 0 Å². The zero-order valence-electron chi connectivity index (χ0n) is 17.6. The lowest BCUT2D eigenvalue weighted by molar-refractivity contribution is -0.118. The Bertz CT molecular complexity index is 1290. The summed E-state index contributed by atoms with van der Waals surface area (Å²) in [7, 11) is 1.57. The van der Waals surface area contributed by atoms with Crippen molar-refractivity contribution in [2.75, 3.05) is 19.0 Å². The van der Waals surface area contributed by atoms with Crippen molar-refractivity contribution in [3.8, 4) is 23.0 Å². The summed E-state index contributed by atoms with van der Waals surface area (Å²) in [5.74, 6) is 1.42. The number of fused-ring (bicyclic) bond motifs is 1. The Hall–Kier alpha value is -4.26. The molecule has 32 heavy (non-hydrogen) atoms. The number of anilines is 1. The predicted octanol–water partition coefficient (Wildman–Crippen LogP) is 4.92. The van der Waals surface area contributed by atoms with Crippen molar-refractivity contribution in [2.45, 2.75) is 6.92 Å². The average molecular weight is 431 g/mol. The molecule has 0 spiro atoms. The second-order valence-corrected chi connectivity index (χ2v) is 7.07. The van der Waals surface area contributed by atoms with Crippen molar-refractivity contribution in [1.82, 2.24) is 0 Å². The molecule has 1 heterocycles. The normalized spacial score (nSPS) is 10.6. The van der Waals surface area contributed by atoms with Gasteiger partial charge in [0.2, 0.25) is 11.2 Å². The standard InChI is InChI=1S/C25H21NO6/c1-16-3-7-19(8-4-16)32-23-14-31-22-13-20(11-12-21(22)25(23)28)30-15-24(27)26-17-5-9-18(29-2)10-6-17/h3-14H,15H2,1-2H3,(H,26,27). The number of hydrogen-bond acceptors (Lipinski definition) is 6. The van der Waals surface area contributed by atoms with Crippen LogP contribution in [0.3, 0.4) is 0 Å². The summed E-state index contributed by atoms with van der Waals surface area (Å²) >= 11 is 0. The van der Waals surface area contributed by atoms with Crippen molar-refractivity contribution >= 4 is 22.6 Å². The fraction of sp³-hybridized carbons (Fsp3) is 0.120. The van der Waals surface area contributed by atoms with Gasteiger partial charge in [0.05, 0.1) is 12.5 Å². The highest BCUT2D eigenvalue weighted by atomic mass is 16.5. The molecule has 0 saturated carbocycles. The molecule has 0 saturated heterocycles. The molecule has 1 amide bonds. The molecule has 7 nitrogen and oxygen atoms in total. The van der Waals surface area contributed by atoms with Crippen molar-refractivity contribution in [2.24, 2.45) is 0 Å². The highest BCUT2D eigenvalue weighted by Gasteiger charge is 2.11. The van der Waals surface area contributed by atoms with Gasteiger partial charge in [-0.25, -0.2) is 0 Å². The first-order valence-electron chi connectivity index (χ1n) is 9.88. The van der Waals surface area contributed by atoms with Crippen LogP contribution < -0.4 is 25.0 Å². The number of carbonyl (C=O) groups excluding carboxylic acids is 1. The monoisotopic (exact) mass is 431 g/mol. The molecular formula is C25H21NO6. The van der Waals surface area contributed by atoms with E-state index in [1.54, 1.807) is 61.7 Å². The van der Waals surface area contributed by atoms with Crippen molar-refractivity contribution in [3.05, 3.63) is 88.8 Å². The minimum Gasteiger partial charge on any atom is -0.497 e. The molecule has 0 aliphatic carbocycles. The number of carbonyl (C=O) groups is 1. The van der Waals surface area contributed by atoms with Gasteiger partial charge >= 0.3 is 0 Å². The van der Waals surface area contributed by atoms with Crippen LogP contribution in [0.1, 0.15) is 5.56 Å². The lowest BCUT2D eigenvalue weighted by Gasteiger charge is -2.09. The van der Waals surface area contributed by atoms with Crippen LogP contribution in [0.5, 0.6) is 23.0 Å². The summed E-state index contributed by atoms with van der Waals surface area (Å²) in [6, 6.07) is 19.1. The third-order valence-corrected chi connectivity index (χ3v) is 4.71. The summed E-state index contributed by atoms with van der Waals surface area (Å²) in [6.45, 7) is 1.77. The number of aryl methyl sites for hydroxylation is 1. The highest BCUT2D eigenvalue weighted by Crippen LogP contribution is 2.24. The molecule has 0 aliphatic rings. The fourth-order valence-corrected chi connectivity index (χ4v) is 3.00. The molecule has 1 aromatic heterocycles. The molecule has 3 aromatic carbocycles. The average Bonchev–Trinajstić information content (AvgIpc) is 2.81.